The highest BCUT2D eigenvalue weighted by molar-refractivity contribution is 6.27. The summed E-state index contributed by atoms with van der Waals surface area (Å²) in [5.74, 6) is -7.30. The molecule has 2 rings (SSSR count). The van der Waals surface area contributed by atoms with Crippen LogP contribution in [-0.4, -0.2) is 96.9 Å². The highest BCUT2D eigenvalue weighted by atomic mass is 16.5. The van der Waals surface area contributed by atoms with Crippen LogP contribution in [0.3, 0.4) is 0 Å². The van der Waals surface area contributed by atoms with Crippen molar-refractivity contribution in [3.8, 4) is 0 Å². The van der Waals surface area contributed by atoms with Crippen molar-refractivity contribution in [1.82, 2.24) is 10.6 Å². The second-order valence-corrected chi connectivity index (χ2v) is 5.01. The van der Waals surface area contributed by atoms with E-state index in [1.807, 2.05) is 0 Å². The number of rotatable bonds is 4. The number of aliphatic carboxylic acids is 4. The highest BCUT2D eigenvalue weighted by Crippen LogP contribution is 2.00. The van der Waals surface area contributed by atoms with Gasteiger partial charge in [-0.2, -0.15) is 0 Å². The van der Waals surface area contributed by atoms with E-state index in [0.29, 0.717) is 12.1 Å². The monoisotopic (exact) mass is 382 g/mol. The molecule has 0 aliphatic carbocycles. The minimum absolute atomic E-state index is 0.657. The number of methoxy groups -OCH3 is 2. The molecule has 12 heteroatoms. The van der Waals surface area contributed by atoms with Crippen LogP contribution in [0.2, 0.25) is 0 Å². The fraction of sp³-hybridized carbons (Fsp3) is 0.714. The number of nitrogens with one attached hydrogen (secondary N) is 2. The Balaban J connectivity index is 0. The molecular formula is C14H26N2O10. The minimum Gasteiger partial charge on any atom is -0.473 e. The van der Waals surface area contributed by atoms with Gasteiger partial charge in [0.1, 0.15) is 0 Å². The molecule has 2 atom stereocenters. The van der Waals surface area contributed by atoms with Gasteiger partial charge in [-0.15, -0.1) is 0 Å². The number of carboxylic acid groups (broad SMARTS) is 4. The first kappa shape index (κ1) is 26.0. The van der Waals surface area contributed by atoms with Crippen LogP contribution in [0.15, 0.2) is 0 Å². The molecule has 26 heavy (non-hydrogen) atoms. The van der Waals surface area contributed by atoms with E-state index >= 15 is 0 Å². The lowest BCUT2D eigenvalue weighted by Gasteiger charge is -2.26. The molecule has 0 spiro atoms. The summed E-state index contributed by atoms with van der Waals surface area (Å²) in [6.07, 6.45) is 2.57. The molecule has 0 aromatic rings. The summed E-state index contributed by atoms with van der Waals surface area (Å²) < 4.78 is 9.77. The van der Waals surface area contributed by atoms with E-state index in [0.717, 1.165) is 13.2 Å². The Kier molecular flexibility index (Phi) is 16.2. The largest absolute Gasteiger partial charge is 0.473 e. The maximum absolute atomic E-state index is 9.10. The van der Waals surface area contributed by atoms with E-state index in [2.05, 4.69) is 10.6 Å². The normalized spacial score (nSPS) is 19.3. The fourth-order valence-electron chi connectivity index (χ4n) is 1.38. The van der Waals surface area contributed by atoms with Gasteiger partial charge in [0.15, 0.2) is 0 Å². The Bertz CT molecular complexity index is 371. The summed E-state index contributed by atoms with van der Waals surface area (Å²) in [5.41, 5.74) is 0. The lowest BCUT2D eigenvalue weighted by molar-refractivity contribution is -0.159. The number of hydrogen-bond donors (Lipinski definition) is 6. The smallest absolute Gasteiger partial charge is 0.414 e. The maximum Gasteiger partial charge on any atom is 0.414 e. The third kappa shape index (κ3) is 16.6. The Morgan fingerprint density at radius 2 is 0.962 bits per heavy atom. The second kappa shape index (κ2) is 16.2. The van der Waals surface area contributed by atoms with Crippen molar-refractivity contribution in [3.05, 3.63) is 0 Å². The average Bonchev–Trinajstić information content (AvgIpc) is 2.48. The van der Waals surface area contributed by atoms with Crippen molar-refractivity contribution in [3.63, 3.8) is 0 Å². The predicted octanol–water partition coefficient (Wildman–Crippen LogP) is -1.70. The summed E-state index contributed by atoms with van der Waals surface area (Å²) in [5, 5.41) is 36.0. The van der Waals surface area contributed by atoms with E-state index in [4.69, 9.17) is 49.1 Å². The molecule has 0 saturated carbocycles. The lowest BCUT2D eigenvalue weighted by Crippen LogP contribution is -2.45. The van der Waals surface area contributed by atoms with Crippen LogP contribution >= 0.6 is 0 Å². The number of hydrogen-bond acceptors (Lipinski definition) is 8. The molecule has 0 aromatic carbocycles. The zero-order valence-corrected chi connectivity index (χ0v) is 14.6. The summed E-state index contributed by atoms with van der Waals surface area (Å²) in [6.45, 7) is 4.10. The topological polar surface area (TPSA) is 192 Å². The Labute approximate surface area is 150 Å². The van der Waals surface area contributed by atoms with Gasteiger partial charge in [0.25, 0.3) is 0 Å². The third-order valence-electron chi connectivity index (χ3n) is 2.95. The molecule has 0 amide bonds. The van der Waals surface area contributed by atoms with Gasteiger partial charge >= 0.3 is 23.9 Å². The van der Waals surface area contributed by atoms with E-state index in [9.17, 15) is 0 Å². The van der Waals surface area contributed by atoms with Gasteiger partial charge in [0.05, 0.1) is 13.2 Å². The van der Waals surface area contributed by atoms with Gasteiger partial charge in [-0.1, -0.05) is 0 Å². The number of ether oxygens (including phenoxy) is 2. The van der Waals surface area contributed by atoms with Gasteiger partial charge in [0.2, 0.25) is 0 Å². The Hall–Kier alpha value is -2.28. The molecule has 2 aliphatic heterocycles. The Morgan fingerprint density at radius 1 is 0.731 bits per heavy atom. The van der Waals surface area contributed by atoms with Crippen molar-refractivity contribution >= 4 is 23.9 Å². The van der Waals surface area contributed by atoms with Crippen LogP contribution in [0.4, 0.5) is 0 Å². The molecule has 2 saturated heterocycles. The Morgan fingerprint density at radius 3 is 1.00 bits per heavy atom. The molecule has 0 bridgehead atoms. The molecule has 2 unspecified atom stereocenters. The van der Waals surface area contributed by atoms with E-state index in [1.54, 1.807) is 14.2 Å². The predicted molar refractivity (Wildman–Crippen MR) is 87.1 cm³/mol. The van der Waals surface area contributed by atoms with Crippen molar-refractivity contribution in [2.75, 3.05) is 40.5 Å². The molecule has 2 aliphatic rings. The quantitative estimate of drug-likeness (QED) is 0.302. The molecule has 0 radical (unpaired) electrons. The average molecular weight is 382 g/mol. The van der Waals surface area contributed by atoms with Crippen LogP contribution in [-0.2, 0) is 28.7 Å². The van der Waals surface area contributed by atoms with Gasteiger partial charge in [-0.05, 0) is 25.9 Å². The highest BCUT2D eigenvalue weighted by Gasteiger charge is 2.14. The summed E-state index contributed by atoms with van der Waals surface area (Å²) >= 11 is 0. The zero-order valence-electron chi connectivity index (χ0n) is 14.6. The van der Waals surface area contributed by atoms with Crippen molar-refractivity contribution in [2.45, 2.75) is 24.9 Å². The van der Waals surface area contributed by atoms with E-state index in [1.165, 1.54) is 25.9 Å². The minimum atomic E-state index is -1.82. The SMILES string of the molecule is COCC1CCN1.COCC1CCN1.O=C(O)C(=O)O.O=C(O)C(=O)O. The fourth-order valence-corrected chi connectivity index (χ4v) is 1.38. The second-order valence-electron chi connectivity index (χ2n) is 5.01. The third-order valence-corrected chi connectivity index (χ3v) is 2.95. The van der Waals surface area contributed by atoms with Crippen LogP contribution in [0.25, 0.3) is 0 Å². The summed E-state index contributed by atoms with van der Waals surface area (Å²) in [7, 11) is 3.47. The first-order valence-electron chi connectivity index (χ1n) is 7.52. The van der Waals surface area contributed by atoms with Gasteiger partial charge < -0.3 is 40.5 Å². The first-order chi connectivity index (χ1) is 12.1. The molecule has 12 nitrogen and oxygen atoms in total. The van der Waals surface area contributed by atoms with E-state index < -0.39 is 23.9 Å². The maximum atomic E-state index is 9.10. The van der Waals surface area contributed by atoms with Crippen LogP contribution in [0.5, 0.6) is 0 Å². The van der Waals surface area contributed by atoms with E-state index in [-0.39, 0.29) is 0 Å². The van der Waals surface area contributed by atoms with Crippen LogP contribution in [0, 0.1) is 0 Å². The van der Waals surface area contributed by atoms with Crippen molar-refractivity contribution in [1.29, 1.82) is 0 Å². The molecule has 2 fully saturated rings. The van der Waals surface area contributed by atoms with Crippen LogP contribution in [0.1, 0.15) is 12.8 Å². The lowest BCUT2D eigenvalue weighted by atomic mass is 10.1. The van der Waals surface area contributed by atoms with Gasteiger partial charge in [-0.25, -0.2) is 19.2 Å². The molecule has 0 aromatic heterocycles. The summed E-state index contributed by atoms with van der Waals surface area (Å²) in [6, 6.07) is 1.31. The van der Waals surface area contributed by atoms with Gasteiger partial charge in [-0.3, -0.25) is 0 Å². The standard InChI is InChI=1S/2C5H11NO.2C2H2O4/c2*1-7-4-5-2-3-6-5;2*3-1(4)2(5)6/h2*5-6H,2-4H2,1H3;2*(H,3,4)(H,5,6). The molecule has 6 N–H and O–H groups in total. The number of carboxylic acids is 4. The van der Waals surface area contributed by atoms with Crippen molar-refractivity contribution < 1.29 is 49.1 Å². The first-order valence-corrected chi connectivity index (χ1v) is 7.52. The summed E-state index contributed by atoms with van der Waals surface area (Å²) in [4.78, 5) is 36.4. The molecular weight excluding hydrogens is 356 g/mol. The molecule has 152 valence electrons. The number of carbonyl (C=O) groups is 4. The van der Waals surface area contributed by atoms with Gasteiger partial charge in [0, 0.05) is 26.3 Å². The molecule has 2 heterocycles. The zero-order chi connectivity index (χ0) is 20.5. The van der Waals surface area contributed by atoms with Crippen LogP contribution < -0.4 is 10.6 Å². The van der Waals surface area contributed by atoms with Crippen molar-refractivity contribution in [2.24, 2.45) is 0 Å².